The minimum atomic E-state index is -0.0777. The number of carbonyl (C=O) groups excluding carboxylic acids is 1. The third-order valence-electron chi connectivity index (χ3n) is 5.52. The van der Waals surface area contributed by atoms with Gasteiger partial charge >= 0.3 is 5.97 Å². The summed E-state index contributed by atoms with van der Waals surface area (Å²) in [5, 5.41) is 0. The first kappa shape index (κ1) is 16.9. The van der Waals surface area contributed by atoms with Gasteiger partial charge in [0.2, 0.25) is 0 Å². The summed E-state index contributed by atoms with van der Waals surface area (Å²) in [5.74, 6) is 1.51. The Hall–Kier alpha value is -1.51. The van der Waals surface area contributed by atoms with Gasteiger partial charge in [0.05, 0.1) is 19.6 Å². The molecule has 122 valence electrons. The zero-order valence-electron chi connectivity index (χ0n) is 14.6. The van der Waals surface area contributed by atoms with Crippen molar-refractivity contribution in [2.45, 2.75) is 47.0 Å². The number of rotatable bonds is 4. The number of hydrogen-bond donors (Lipinski definition) is 0. The van der Waals surface area contributed by atoms with Crippen molar-refractivity contribution < 1.29 is 14.3 Å². The SMILES string of the molecule is CCOC(=O)C1CC(c2cc(C)ccc2OC)C(C)C1(C)C. The highest BCUT2D eigenvalue weighted by molar-refractivity contribution is 5.74. The maximum absolute atomic E-state index is 12.4. The Morgan fingerprint density at radius 3 is 2.64 bits per heavy atom. The molecule has 22 heavy (non-hydrogen) atoms. The van der Waals surface area contributed by atoms with E-state index in [0.717, 1.165) is 12.2 Å². The Bertz CT molecular complexity index is 548. The summed E-state index contributed by atoms with van der Waals surface area (Å²) in [5.41, 5.74) is 2.36. The van der Waals surface area contributed by atoms with E-state index in [1.165, 1.54) is 11.1 Å². The Morgan fingerprint density at radius 2 is 2.05 bits per heavy atom. The Morgan fingerprint density at radius 1 is 1.36 bits per heavy atom. The van der Waals surface area contributed by atoms with Crippen LogP contribution in [0, 0.1) is 24.2 Å². The molecule has 0 aliphatic heterocycles. The van der Waals surface area contributed by atoms with Gasteiger partial charge in [-0.05, 0) is 49.1 Å². The molecule has 0 spiro atoms. The van der Waals surface area contributed by atoms with Crippen LogP contribution in [0.2, 0.25) is 0 Å². The van der Waals surface area contributed by atoms with Crippen molar-refractivity contribution in [1.29, 1.82) is 0 Å². The second kappa shape index (κ2) is 6.31. The van der Waals surface area contributed by atoms with E-state index in [0.29, 0.717) is 18.4 Å². The molecule has 0 heterocycles. The first-order valence-corrected chi connectivity index (χ1v) is 8.14. The fraction of sp³-hybridized carbons (Fsp3) is 0.632. The van der Waals surface area contributed by atoms with Crippen LogP contribution in [-0.4, -0.2) is 19.7 Å². The summed E-state index contributed by atoms with van der Waals surface area (Å²) in [6, 6.07) is 6.29. The standard InChI is InChI=1S/C19H28O3/c1-7-22-18(20)16-11-14(13(3)19(16,4)5)15-10-12(2)8-9-17(15)21-6/h8-10,13-14,16H,7,11H2,1-6H3. The topological polar surface area (TPSA) is 35.5 Å². The molecule has 1 aromatic carbocycles. The van der Waals surface area contributed by atoms with Crippen LogP contribution in [0.1, 0.15) is 51.2 Å². The summed E-state index contributed by atoms with van der Waals surface area (Å²) < 4.78 is 10.9. The van der Waals surface area contributed by atoms with Crippen molar-refractivity contribution in [2.24, 2.45) is 17.3 Å². The van der Waals surface area contributed by atoms with Crippen molar-refractivity contribution in [1.82, 2.24) is 0 Å². The highest BCUT2D eigenvalue weighted by Crippen LogP contribution is 2.56. The van der Waals surface area contributed by atoms with E-state index in [1.54, 1.807) is 7.11 Å². The molecule has 2 rings (SSSR count). The molecule has 0 saturated heterocycles. The van der Waals surface area contributed by atoms with Gasteiger partial charge in [-0.25, -0.2) is 0 Å². The van der Waals surface area contributed by atoms with Gasteiger partial charge in [0, 0.05) is 0 Å². The predicted molar refractivity (Wildman–Crippen MR) is 88.2 cm³/mol. The number of benzene rings is 1. The molecule has 1 aliphatic carbocycles. The Balaban J connectivity index is 2.38. The molecular weight excluding hydrogens is 276 g/mol. The number of carbonyl (C=O) groups is 1. The normalized spacial score (nSPS) is 26.7. The summed E-state index contributed by atoms with van der Waals surface area (Å²) in [6.07, 6.45) is 0.826. The van der Waals surface area contributed by atoms with Gasteiger partial charge in [-0.2, -0.15) is 0 Å². The molecule has 1 aliphatic rings. The van der Waals surface area contributed by atoms with E-state index >= 15 is 0 Å². The number of esters is 1. The Kier molecular flexibility index (Phi) is 4.84. The molecule has 0 aromatic heterocycles. The molecule has 3 unspecified atom stereocenters. The van der Waals surface area contributed by atoms with Crippen LogP contribution in [0.5, 0.6) is 5.75 Å². The maximum Gasteiger partial charge on any atom is 0.309 e. The van der Waals surface area contributed by atoms with Crippen molar-refractivity contribution in [3.8, 4) is 5.75 Å². The van der Waals surface area contributed by atoms with Crippen LogP contribution in [0.25, 0.3) is 0 Å². The van der Waals surface area contributed by atoms with E-state index in [4.69, 9.17) is 9.47 Å². The highest BCUT2D eigenvalue weighted by Gasteiger charge is 2.51. The molecule has 3 heteroatoms. The Labute approximate surface area is 134 Å². The van der Waals surface area contributed by atoms with Crippen LogP contribution < -0.4 is 4.74 Å². The van der Waals surface area contributed by atoms with Gasteiger partial charge in [-0.1, -0.05) is 38.5 Å². The molecule has 0 amide bonds. The third-order valence-corrected chi connectivity index (χ3v) is 5.52. The number of aryl methyl sites for hydroxylation is 1. The largest absolute Gasteiger partial charge is 0.496 e. The lowest BCUT2D eigenvalue weighted by atomic mass is 9.74. The summed E-state index contributed by atoms with van der Waals surface area (Å²) in [7, 11) is 1.71. The second-order valence-electron chi connectivity index (χ2n) is 7.00. The smallest absolute Gasteiger partial charge is 0.309 e. The number of hydrogen-bond acceptors (Lipinski definition) is 3. The van der Waals surface area contributed by atoms with Crippen molar-refractivity contribution >= 4 is 5.97 Å². The quantitative estimate of drug-likeness (QED) is 0.777. The first-order valence-electron chi connectivity index (χ1n) is 8.14. The fourth-order valence-corrected chi connectivity index (χ4v) is 3.78. The molecule has 1 saturated carbocycles. The lowest BCUT2D eigenvalue weighted by Gasteiger charge is -2.31. The van der Waals surface area contributed by atoms with Gasteiger partial charge in [0.15, 0.2) is 0 Å². The van der Waals surface area contributed by atoms with E-state index in [9.17, 15) is 4.79 Å². The minimum Gasteiger partial charge on any atom is -0.496 e. The maximum atomic E-state index is 12.4. The van der Waals surface area contributed by atoms with Gasteiger partial charge in [-0.15, -0.1) is 0 Å². The van der Waals surface area contributed by atoms with Crippen LogP contribution in [0.15, 0.2) is 18.2 Å². The molecule has 1 aromatic rings. The van der Waals surface area contributed by atoms with Gasteiger partial charge in [0.1, 0.15) is 5.75 Å². The molecule has 3 nitrogen and oxygen atoms in total. The number of ether oxygens (including phenoxy) is 2. The molecule has 0 N–H and O–H groups in total. The molecule has 0 bridgehead atoms. The van der Waals surface area contributed by atoms with Crippen LogP contribution in [-0.2, 0) is 9.53 Å². The highest BCUT2D eigenvalue weighted by atomic mass is 16.5. The predicted octanol–water partition coefficient (Wildman–Crippen LogP) is 4.33. The molecule has 3 atom stereocenters. The first-order chi connectivity index (χ1) is 10.3. The van der Waals surface area contributed by atoms with Crippen molar-refractivity contribution in [3.63, 3.8) is 0 Å². The average molecular weight is 304 g/mol. The summed E-state index contributed by atoms with van der Waals surface area (Å²) in [6.45, 7) is 11.0. The van der Waals surface area contributed by atoms with Crippen molar-refractivity contribution in [3.05, 3.63) is 29.3 Å². The van der Waals surface area contributed by atoms with E-state index < -0.39 is 0 Å². The van der Waals surface area contributed by atoms with Crippen LogP contribution >= 0.6 is 0 Å². The van der Waals surface area contributed by atoms with Crippen molar-refractivity contribution in [2.75, 3.05) is 13.7 Å². The van der Waals surface area contributed by atoms with E-state index in [1.807, 2.05) is 13.0 Å². The average Bonchev–Trinajstić information content (AvgIpc) is 2.70. The minimum absolute atomic E-state index is 0.0577. The zero-order valence-corrected chi connectivity index (χ0v) is 14.6. The lowest BCUT2D eigenvalue weighted by molar-refractivity contribution is -0.151. The van der Waals surface area contributed by atoms with Gasteiger partial charge in [0.25, 0.3) is 0 Å². The zero-order chi connectivity index (χ0) is 16.5. The van der Waals surface area contributed by atoms with E-state index in [-0.39, 0.29) is 17.3 Å². The van der Waals surface area contributed by atoms with Gasteiger partial charge < -0.3 is 9.47 Å². The summed E-state index contributed by atoms with van der Waals surface area (Å²) in [4.78, 5) is 12.4. The second-order valence-corrected chi connectivity index (χ2v) is 7.00. The third kappa shape index (κ3) is 2.86. The van der Waals surface area contributed by atoms with Gasteiger partial charge in [-0.3, -0.25) is 4.79 Å². The molecular formula is C19H28O3. The summed E-state index contributed by atoms with van der Waals surface area (Å²) >= 11 is 0. The molecule has 1 fully saturated rings. The van der Waals surface area contributed by atoms with E-state index in [2.05, 4.69) is 39.8 Å². The lowest BCUT2D eigenvalue weighted by Crippen LogP contribution is -2.31. The van der Waals surface area contributed by atoms with Crippen LogP contribution in [0.3, 0.4) is 0 Å². The van der Waals surface area contributed by atoms with Crippen LogP contribution in [0.4, 0.5) is 0 Å². The number of methoxy groups -OCH3 is 1. The fourth-order valence-electron chi connectivity index (χ4n) is 3.78. The monoisotopic (exact) mass is 304 g/mol. The molecule has 0 radical (unpaired) electrons.